The minimum Gasteiger partial charge on any atom is -0.353 e. The maximum absolute atomic E-state index is 14.9. The molecular formula is C17H19F2N3OS. The highest BCUT2D eigenvalue weighted by Gasteiger charge is 2.37. The zero-order chi connectivity index (χ0) is 16.7. The summed E-state index contributed by atoms with van der Waals surface area (Å²) in [6.07, 6.45) is 2.53. The number of aromatic nitrogens is 1. The monoisotopic (exact) mass is 351 g/mol. The van der Waals surface area contributed by atoms with Crippen LogP contribution in [0.4, 0.5) is 13.9 Å². The number of benzene rings is 1. The number of fused-ring (bicyclic) bond motifs is 1. The number of alkyl halides is 1. The number of nitrogens with zero attached hydrogens (tertiary/aromatic N) is 2. The molecule has 24 heavy (non-hydrogen) atoms. The Morgan fingerprint density at radius 3 is 2.79 bits per heavy atom. The summed E-state index contributed by atoms with van der Waals surface area (Å²) in [6.45, 7) is 1.14. The summed E-state index contributed by atoms with van der Waals surface area (Å²) >= 11 is 1.43. The average molecular weight is 351 g/mol. The highest BCUT2D eigenvalue weighted by molar-refractivity contribution is 7.22. The minimum atomic E-state index is -1.36. The van der Waals surface area contributed by atoms with E-state index in [2.05, 4.69) is 10.3 Å². The largest absolute Gasteiger partial charge is 0.353 e. The number of rotatable bonds is 4. The molecule has 0 spiro atoms. The first-order valence-corrected chi connectivity index (χ1v) is 9.12. The highest BCUT2D eigenvalue weighted by atomic mass is 32.1. The van der Waals surface area contributed by atoms with Crippen molar-refractivity contribution in [1.29, 1.82) is 0 Å². The van der Waals surface area contributed by atoms with Crippen LogP contribution in [-0.2, 0) is 4.79 Å². The summed E-state index contributed by atoms with van der Waals surface area (Å²) in [6, 6.07) is 4.92. The van der Waals surface area contributed by atoms with E-state index in [9.17, 15) is 13.6 Å². The number of anilines is 1. The summed E-state index contributed by atoms with van der Waals surface area (Å²) in [5.74, 6) is -0.239. The molecule has 4 nitrogen and oxygen atoms in total. The minimum absolute atomic E-state index is 0.0175. The van der Waals surface area contributed by atoms with Gasteiger partial charge >= 0.3 is 0 Å². The molecule has 1 aromatic heterocycles. The Labute approximate surface area is 142 Å². The van der Waals surface area contributed by atoms with Crippen LogP contribution < -0.4 is 10.2 Å². The van der Waals surface area contributed by atoms with Crippen molar-refractivity contribution >= 4 is 32.6 Å². The van der Waals surface area contributed by atoms with Crippen LogP contribution in [0.25, 0.3) is 10.2 Å². The lowest BCUT2D eigenvalue weighted by molar-refractivity contribution is -0.123. The Morgan fingerprint density at radius 2 is 2.12 bits per heavy atom. The van der Waals surface area contributed by atoms with Gasteiger partial charge in [0.15, 0.2) is 5.13 Å². The number of amides is 1. The van der Waals surface area contributed by atoms with Gasteiger partial charge < -0.3 is 10.2 Å². The van der Waals surface area contributed by atoms with Gasteiger partial charge in [0.1, 0.15) is 17.0 Å². The van der Waals surface area contributed by atoms with Crippen LogP contribution in [0.3, 0.4) is 0 Å². The van der Waals surface area contributed by atoms with E-state index in [0.717, 1.165) is 22.7 Å². The van der Waals surface area contributed by atoms with Crippen molar-refractivity contribution in [1.82, 2.24) is 10.3 Å². The zero-order valence-electron chi connectivity index (χ0n) is 13.2. The Kier molecular flexibility index (Phi) is 3.90. The van der Waals surface area contributed by atoms with Crippen molar-refractivity contribution in [3.05, 3.63) is 24.0 Å². The molecule has 1 N–H and O–H groups in total. The third-order valence-electron chi connectivity index (χ3n) is 4.82. The number of hydrogen-bond acceptors (Lipinski definition) is 4. The van der Waals surface area contributed by atoms with Crippen LogP contribution in [0.1, 0.15) is 25.7 Å². The van der Waals surface area contributed by atoms with Crippen molar-refractivity contribution in [2.24, 2.45) is 5.92 Å². The fraction of sp³-hybridized carbons (Fsp3) is 0.529. The summed E-state index contributed by atoms with van der Waals surface area (Å²) < 4.78 is 29.4. The number of para-hydroxylation sites is 1. The van der Waals surface area contributed by atoms with Gasteiger partial charge in [-0.05, 0) is 25.0 Å². The van der Waals surface area contributed by atoms with Crippen molar-refractivity contribution in [3.63, 3.8) is 0 Å². The van der Waals surface area contributed by atoms with Crippen LogP contribution in [0.2, 0.25) is 0 Å². The Bertz CT molecular complexity index is 766. The van der Waals surface area contributed by atoms with E-state index < -0.39 is 5.67 Å². The fourth-order valence-corrected chi connectivity index (χ4v) is 4.08. The quantitative estimate of drug-likeness (QED) is 0.920. The first-order valence-electron chi connectivity index (χ1n) is 8.31. The highest BCUT2D eigenvalue weighted by Crippen LogP contribution is 2.35. The van der Waals surface area contributed by atoms with Crippen LogP contribution in [0.15, 0.2) is 18.2 Å². The molecule has 0 bridgehead atoms. The number of carbonyl (C=O) groups is 1. The molecule has 128 valence electrons. The molecule has 7 heteroatoms. The predicted molar refractivity (Wildman–Crippen MR) is 90.6 cm³/mol. The number of halogens is 2. The number of carbonyl (C=O) groups excluding carboxylic acids is 1. The van der Waals surface area contributed by atoms with Crippen LogP contribution >= 0.6 is 11.3 Å². The smallest absolute Gasteiger partial charge is 0.223 e. The zero-order valence-corrected chi connectivity index (χ0v) is 14.0. The van der Waals surface area contributed by atoms with Gasteiger partial charge in [0, 0.05) is 31.8 Å². The third kappa shape index (κ3) is 3.09. The summed E-state index contributed by atoms with van der Waals surface area (Å²) in [7, 11) is 0. The van der Waals surface area contributed by atoms with Gasteiger partial charge in [0.05, 0.1) is 11.2 Å². The lowest BCUT2D eigenvalue weighted by Crippen LogP contribution is -2.48. The van der Waals surface area contributed by atoms with Gasteiger partial charge in [0.25, 0.3) is 0 Å². The van der Waals surface area contributed by atoms with E-state index in [4.69, 9.17) is 0 Å². The first-order chi connectivity index (χ1) is 11.5. The van der Waals surface area contributed by atoms with Gasteiger partial charge in [0.2, 0.25) is 5.91 Å². The number of hydrogen-bond donors (Lipinski definition) is 1. The molecule has 2 fully saturated rings. The second-order valence-corrected chi connectivity index (χ2v) is 7.72. The molecule has 1 aliphatic heterocycles. The number of nitrogens with one attached hydrogen (secondary N) is 1. The molecule has 2 heterocycles. The number of thiazole rings is 1. The Morgan fingerprint density at radius 1 is 1.38 bits per heavy atom. The van der Waals surface area contributed by atoms with Crippen molar-refractivity contribution in [2.75, 3.05) is 24.5 Å². The lowest BCUT2D eigenvalue weighted by atomic mass is 9.93. The van der Waals surface area contributed by atoms with E-state index in [1.807, 2.05) is 11.0 Å². The van der Waals surface area contributed by atoms with E-state index in [1.54, 1.807) is 6.07 Å². The van der Waals surface area contributed by atoms with E-state index in [1.165, 1.54) is 17.4 Å². The van der Waals surface area contributed by atoms with Crippen molar-refractivity contribution in [2.45, 2.75) is 31.4 Å². The normalized spacial score (nSPS) is 20.3. The molecule has 1 saturated carbocycles. The fourth-order valence-electron chi connectivity index (χ4n) is 3.05. The van der Waals surface area contributed by atoms with Crippen molar-refractivity contribution < 1.29 is 13.6 Å². The molecule has 1 aromatic carbocycles. The van der Waals surface area contributed by atoms with E-state index in [0.29, 0.717) is 31.4 Å². The standard InChI is InChI=1S/C17H19F2N3OS/c18-12-2-1-3-13-14(12)21-16(24-13)22-8-6-17(19,7-9-22)10-20-15(23)11-4-5-11/h1-3,11H,4-10H2,(H,20,23). The molecule has 1 saturated heterocycles. The number of piperidine rings is 1. The van der Waals surface area contributed by atoms with E-state index in [-0.39, 0.29) is 24.2 Å². The Balaban J connectivity index is 1.39. The molecule has 2 aliphatic rings. The van der Waals surface area contributed by atoms with Gasteiger partial charge in [-0.3, -0.25) is 4.79 Å². The molecule has 0 atom stereocenters. The summed E-state index contributed by atoms with van der Waals surface area (Å²) in [4.78, 5) is 18.0. The maximum atomic E-state index is 14.9. The van der Waals surface area contributed by atoms with Gasteiger partial charge in [-0.25, -0.2) is 13.8 Å². The van der Waals surface area contributed by atoms with Gasteiger partial charge in [-0.15, -0.1) is 0 Å². The molecule has 2 aromatic rings. The predicted octanol–water partition coefficient (Wildman–Crippen LogP) is 3.27. The lowest BCUT2D eigenvalue weighted by Gasteiger charge is -2.36. The van der Waals surface area contributed by atoms with Gasteiger partial charge in [-0.1, -0.05) is 17.4 Å². The van der Waals surface area contributed by atoms with Crippen LogP contribution in [0.5, 0.6) is 0 Å². The molecule has 4 rings (SSSR count). The van der Waals surface area contributed by atoms with Crippen molar-refractivity contribution in [3.8, 4) is 0 Å². The van der Waals surface area contributed by atoms with E-state index >= 15 is 0 Å². The summed E-state index contributed by atoms with van der Waals surface area (Å²) in [5, 5.41) is 3.48. The second kappa shape index (κ2) is 5.95. The Hall–Kier alpha value is -1.76. The average Bonchev–Trinajstić information content (AvgIpc) is 3.33. The third-order valence-corrected chi connectivity index (χ3v) is 5.90. The van der Waals surface area contributed by atoms with Gasteiger partial charge in [-0.2, -0.15) is 0 Å². The molecule has 1 aliphatic carbocycles. The van der Waals surface area contributed by atoms with Crippen LogP contribution in [0, 0.1) is 11.7 Å². The molecule has 0 radical (unpaired) electrons. The topological polar surface area (TPSA) is 45.2 Å². The maximum Gasteiger partial charge on any atom is 0.223 e. The molecule has 0 unspecified atom stereocenters. The molecular weight excluding hydrogens is 332 g/mol. The van der Waals surface area contributed by atoms with Crippen LogP contribution in [-0.4, -0.2) is 36.2 Å². The SMILES string of the molecule is O=C(NCC1(F)CCN(c2nc3c(F)cccc3s2)CC1)C1CC1. The molecule has 1 amide bonds. The summed E-state index contributed by atoms with van der Waals surface area (Å²) in [5.41, 5.74) is -0.977. The first kappa shape index (κ1) is 15.7. The second-order valence-electron chi connectivity index (χ2n) is 6.71.